The van der Waals surface area contributed by atoms with Gasteiger partial charge in [-0.1, -0.05) is 25.0 Å². The first-order valence-corrected chi connectivity index (χ1v) is 6.88. The van der Waals surface area contributed by atoms with Gasteiger partial charge in [0.25, 0.3) is 0 Å². The number of hydrogen-bond donors (Lipinski definition) is 1. The van der Waals surface area contributed by atoms with Crippen LogP contribution < -0.4 is 10.2 Å². The molecule has 1 N–H and O–H groups in total. The van der Waals surface area contributed by atoms with Crippen LogP contribution in [-0.4, -0.2) is 18.6 Å². The van der Waals surface area contributed by atoms with Crippen molar-refractivity contribution in [2.75, 3.05) is 23.3 Å². The van der Waals surface area contributed by atoms with E-state index in [-0.39, 0.29) is 0 Å². The van der Waals surface area contributed by atoms with Crippen LogP contribution in [0.1, 0.15) is 38.2 Å². The summed E-state index contributed by atoms with van der Waals surface area (Å²) in [6.45, 7) is 6.77. The minimum Gasteiger partial charge on any atom is -0.381 e. The van der Waals surface area contributed by atoms with Gasteiger partial charge in [-0.15, -0.1) is 0 Å². The van der Waals surface area contributed by atoms with E-state index in [0.717, 1.165) is 13.1 Å². The van der Waals surface area contributed by atoms with E-state index in [2.05, 4.69) is 42.3 Å². The summed E-state index contributed by atoms with van der Waals surface area (Å²) in [5, 5.41) is 3.66. The van der Waals surface area contributed by atoms with Gasteiger partial charge in [-0.05, 0) is 38.3 Å². The fourth-order valence-corrected chi connectivity index (χ4v) is 3.73. The number of anilines is 2. The van der Waals surface area contributed by atoms with E-state index in [1.54, 1.807) is 0 Å². The minimum absolute atomic E-state index is 0.397. The number of benzene rings is 1. The summed E-state index contributed by atoms with van der Waals surface area (Å²) in [6.07, 6.45) is 5.47. The van der Waals surface area contributed by atoms with Gasteiger partial charge < -0.3 is 10.2 Å². The number of para-hydroxylation sites is 1. The molecule has 0 bridgehead atoms. The van der Waals surface area contributed by atoms with Gasteiger partial charge in [0.05, 0.1) is 16.9 Å². The molecule has 1 fully saturated rings. The zero-order chi connectivity index (χ0) is 11.9. The third kappa shape index (κ3) is 1.54. The predicted octanol–water partition coefficient (Wildman–Crippen LogP) is 3.56. The average Bonchev–Trinajstić information content (AvgIpc) is 2.79. The second-order valence-electron chi connectivity index (χ2n) is 5.50. The first-order valence-electron chi connectivity index (χ1n) is 6.88. The molecule has 1 aromatic carbocycles. The molecule has 0 radical (unpaired) electrons. The van der Waals surface area contributed by atoms with Crippen LogP contribution >= 0.6 is 0 Å². The normalized spacial score (nSPS) is 21.4. The van der Waals surface area contributed by atoms with Gasteiger partial charge in [0.2, 0.25) is 0 Å². The minimum atomic E-state index is 0.397. The number of rotatable bonds is 1. The highest BCUT2D eigenvalue weighted by molar-refractivity contribution is 5.77. The number of nitrogens with one attached hydrogen (secondary N) is 1. The Labute approximate surface area is 104 Å². The Morgan fingerprint density at radius 3 is 2.76 bits per heavy atom. The average molecular weight is 230 g/mol. The molecule has 2 heteroatoms. The van der Waals surface area contributed by atoms with Crippen molar-refractivity contribution < 1.29 is 0 Å². The lowest BCUT2D eigenvalue weighted by molar-refractivity contribution is 0.411. The zero-order valence-corrected chi connectivity index (χ0v) is 10.9. The Morgan fingerprint density at radius 1 is 1.29 bits per heavy atom. The van der Waals surface area contributed by atoms with Gasteiger partial charge in [0.1, 0.15) is 0 Å². The Balaban J connectivity index is 2.09. The van der Waals surface area contributed by atoms with E-state index in [1.165, 1.54) is 42.6 Å². The third-order valence-corrected chi connectivity index (χ3v) is 4.54. The first-order chi connectivity index (χ1) is 8.27. The van der Waals surface area contributed by atoms with Crippen LogP contribution in [0.25, 0.3) is 0 Å². The lowest BCUT2D eigenvalue weighted by Gasteiger charge is -2.48. The summed E-state index contributed by atoms with van der Waals surface area (Å²) in [7, 11) is 0. The van der Waals surface area contributed by atoms with Crippen molar-refractivity contribution in [3.05, 3.63) is 23.8 Å². The molecule has 1 heterocycles. The van der Waals surface area contributed by atoms with Crippen LogP contribution in [0.3, 0.4) is 0 Å². The van der Waals surface area contributed by atoms with Gasteiger partial charge >= 0.3 is 0 Å². The summed E-state index contributed by atoms with van der Waals surface area (Å²) < 4.78 is 0. The highest BCUT2D eigenvalue weighted by Crippen LogP contribution is 2.45. The van der Waals surface area contributed by atoms with E-state index in [4.69, 9.17) is 0 Å². The highest BCUT2D eigenvalue weighted by atomic mass is 15.3. The van der Waals surface area contributed by atoms with Crippen LogP contribution in [0.2, 0.25) is 0 Å². The number of nitrogens with zero attached hydrogens (tertiary/aromatic N) is 1. The molecule has 92 valence electrons. The molecule has 2 nitrogen and oxygen atoms in total. The van der Waals surface area contributed by atoms with Crippen LogP contribution in [0.15, 0.2) is 18.2 Å². The van der Waals surface area contributed by atoms with E-state index in [1.807, 2.05) is 0 Å². The maximum Gasteiger partial charge on any atom is 0.0636 e. The summed E-state index contributed by atoms with van der Waals surface area (Å²) in [5.74, 6) is 0. The molecule has 1 aromatic rings. The molecule has 0 amide bonds. The lowest BCUT2D eigenvalue weighted by Crippen LogP contribution is -2.54. The number of likely N-dealkylation sites (N-methyl/N-ethyl adjacent to an activating group) is 1. The van der Waals surface area contributed by atoms with Crippen molar-refractivity contribution in [1.29, 1.82) is 0 Å². The molecule has 0 saturated heterocycles. The van der Waals surface area contributed by atoms with E-state index in [9.17, 15) is 0 Å². The van der Waals surface area contributed by atoms with Crippen molar-refractivity contribution in [2.45, 2.75) is 45.1 Å². The van der Waals surface area contributed by atoms with Gasteiger partial charge in [-0.3, -0.25) is 0 Å². The Kier molecular flexibility index (Phi) is 2.53. The second-order valence-corrected chi connectivity index (χ2v) is 5.50. The molecule has 3 rings (SSSR count). The monoisotopic (exact) mass is 230 g/mol. The van der Waals surface area contributed by atoms with Crippen molar-refractivity contribution in [1.82, 2.24) is 0 Å². The Morgan fingerprint density at radius 2 is 2.06 bits per heavy atom. The standard InChI is InChI=1S/C15H22N2/c1-3-17-14-12(2)7-6-8-13(14)16-11-15(17)9-4-5-10-15/h6-8,16H,3-5,9-11H2,1-2H3. The summed E-state index contributed by atoms with van der Waals surface area (Å²) in [6, 6.07) is 6.60. The summed E-state index contributed by atoms with van der Waals surface area (Å²) in [5.41, 5.74) is 4.57. The van der Waals surface area contributed by atoms with Crippen molar-refractivity contribution in [2.24, 2.45) is 0 Å². The smallest absolute Gasteiger partial charge is 0.0636 e. The van der Waals surface area contributed by atoms with Crippen molar-refractivity contribution >= 4 is 11.4 Å². The molecular formula is C15H22N2. The maximum atomic E-state index is 3.66. The number of fused-ring (bicyclic) bond motifs is 1. The fourth-order valence-electron chi connectivity index (χ4n) is 3.73. The third-order valence-electron chi connectivity index (χ3n) is 4.54. The van der Waals surface area contributed by atoms with Gasteiger partial charge in [0.15, 0.2) is 0 Å². The molecule has 0 aromatic heterocycles. The van der Waals surface area contributed by atoms with E-state index in [0.29, 0.717) is 5.54 Å². The summed E-state index contributed by atoms with van der Waals surface area (Å²) >= 11 is 0. The molecule has 1 aliphatic heterocycles. The first kappa shape index (κ1) is 10.9. The largest absolute Gasteiger partial charge is 0.381 e. The molecule has 1 aliphatic carbocycles. The fraction of sp³-hybridized carbons (Fsp3) is 0.600. The molecule has 2 aliphatic rings. The molecule has 1 spiro atoms. The van der Waals surface area contributed by atoms with Crippen molar-refractivity contribution in [3.8, 4) is 0 Å². The van der Waals surface area contributed by atoms with Gasteiger partial charge in [0, 0.05) is 13.1 Å². The van der Waals surface area contributed by atoms with Crippen LogP contribution in [-0.2, 0) is 0 Å². The maximum absolute atomic E-state index is 3.66. The quantitative estimate of drug-likeness (QED) is 0.793. The lowest BCUT2D eigenvalue weighted by atomic mass is 9.90. The zero-order valence-electron chi connectivity index (χ0n) is 10.9. The van der Waals surface area contributed by atoms with Gasteiger partial charge in [-0.2, -0.15) is 0 Å². The van der Waals surface area contributed by atoms with Crippen LogP contribution in [0.5, 0.6) is 0 Å². The molecule has 0 unspecified atom stereocenters. The van der Waals surface area contributed by atoms with Crippen LogP contribution in [0, 0.1) is 6.92 Å². The van der Waals surface area contributed by atoms with Gasteiger partial charge in [-0.25, -0.2) is 0 Å². The Bertz CT molecular complexity index is 419. The number of aryl methyl sites for hydroxylation is 1. The van der Waals surface area contributed by atoms with E-state index >= 15 is 0 Å². The molecule has 17 heavy (non-hydrogen) atoms. The SMILES string of the molecule is CCN1c2c(C)cccc2NCC12CCCC2. The van der Waals surface area contributed by atoms with Crippen molar-refractivity contribution in [3.63, 3.8) is 0 Å². The van der Waals surface area contributed by atoms with E-state index < -0.39 is 0 Å². The number of hydrogen-bond acceptors (Lipinski definition) is 2. The topological polar surface area (TPSA) is 15.3 Å². The Hall–Kier alpha value is -1.18. The molecule has 0 atom stereocenters. The molecule has 1 saturated carbocycles. The second kappa shape index (κ2) is 3.94. The molecular weight excluding hydrogens is 208 g/mol. The summed E-state index contributed by atoms with van der Waals surface area (Å²) in [4.78, 5) is 2.67. The highest BCUT2D eigenvalue weighted by Gasteiger charge is 2.42. The van der Waals surface area contributed by atoms with Crippen LogP contribution in [0.4, 0.5) is 11.4 Å². The predicted molar refractivity (Wildman–Crippen MR) is 73.9 cm³/mol.